The van der Waals surface area contributed by atoms with Crippen molar-refractivity contribution in [2.24, 2.45) is 5.73 Å². The van der Waals surface area contributed by atoms with Gasteiger partial charge in [-0.2, -0.15) is 0 Å². The third-order valence-electron chi connectivity index (χ3n) is 2.76. The van der Waals surface area contributed by atoms with E-state index >= 15 is 0 Å². The Morgan fingerprint density at radius 3 is 2.25 bits per heavy atom. The van der Waals surface area contributed by atoms with Gasteiger partial charge in [-0.1, -0.05) is 0 Å². The summed E-state index contributed by atoms with van der Waals surface area (Å²) in [6, 6.07) is 3.17. The van der Waals surface area contributed by atoms with Gasteiger partial charge in [0.15, 0.2) is 11.5 Å². The van der Waals surface area contributed by atoms with Crippen molar-refractivity contribution >= 4 is 0 Å². The van der Waals surface area contributed by atoms with Gasteiger partial charge in [-0.15, -0.1) is 10.2 Å². The van der Waals surface area contributed by atoms with E-state index in [0.717, 1.165) is 0 Å². The number of nitrogens with zero attached hydrogens (tertiary/aromatic N) is 2. The maximum atomic E-state index is 5.71. The number of rotatable bonds is 5. The van der Waals surface area contributed by atoms with Crippen LogP contribution >= 0.6 is 0 Å². The highest BCUT2D eigenvalue weighted by atomic mass is 16.5. The molecular formula is C13H17N3O4. The third-order valence-corrected chi connectivity index (χ3v) is 2.76. The fourth-order valence-corrected chi connectivity index (χ4v) is 1.80. The van der Waals surface area contributed by atoms with Crippen LogP contribution < -0.4 is 19.9 Å². The average molecular weight is 279 g/mol. The summed E-state index contributed by atoms with van der Waals surface area (Å²) in [5.41, 5.74) is 6.32. The van der Waals surface area contributed by atoms with E-state index in [1.165, 1.54) is 14.2 Å². The summed E-state index contributed by atoms with van der Waals surface area (Å²) in [4.78, 5) is 0. The molecule has 1 aromatic heterocycles. The van der Waals surface area contributed by atoms with Gasteiger partial charge in [-0.3, -0.25) is 0 Å². The number of hydrogen-bond acceptors (Lipinski definition) is 7. The molecule has 2 aromatic rings. The number of ether oxygens (including phenoxy) is 3. The Balaban J connectivity index is 2.55. The monoisotopic (exact) mass is 279 g/mol. The predicted octanol–water partition coefficient (Wildman–Crippen LogP) is 1.78. The molecular weight excluding hydrogens is 262 g/mol. The van der Waals surface area contributed by atoms with Crippen LogP contribution in [0.1, 0.15) is 18.9 Å². The van der Waals surface area contributed by atoms with Crippen molar-refractivity contribution in [1.29, 1.82) is 0 Å². The number of hydrogen-bond donors (Lipinski definition) is 1. The Kier molecular flexibility index (Phi) is 4.09. The Hall–Kier alpha value is -2.28. The van der Waals surface area contributed by atoms with Crippen LogP contribution in [-0.2, 0) is 0 Å². The lowest BCUT2D eigenvalue weighted by molar-refractivity contribution is 0.324. The Morgan fingerprint density at radius 1 is 1.05 bits per heavy atom. The average Bonchev–Trinajstić information content (AvgIpc) is 2.95. The van der Waals surface area contributed by atoms with Gasteiger partial charge < -0.3 is 24.4 Å². The molecule has 1 aromatic carbocycles. The molecule has 0 spiro atoms. The second-order valence-electron chi connectivity index (χ2n) is 4.12. The van der Waals surface area contributed by atoms with E-state index < -0.39 is 0 Å². The molecule has 0 aliphatic heterocycles. The van der Waals surface area contributed by atoms with Crippen LogP contribution in [0, 0.1) is 0 Å². The minimum Gasteiger partial charge on any atom is -0.493 e. The van der Waals surface area contributed by atoms with Gasteiger partial charge >= 0.3 is 0 Å². The fourth-order valence-electron chi connectivity index (χ4n) is 1.80. The first-order valence-electron chi connectivity index (χ1n) is 6.00. The van der Waals surface area contributed by atoms with Crippen LogP contribution in [0.15, 0.2) is 16.5 Å². The summed E-state index contributed by atoms with van der Waals surface area (Å²) < 4.78 is 21.4. The van der Waals surface area contributed by atoms with E-state index in [2.05, 4.69) is 10.2 Å². The number of benzene rings is 1. The molecule has 0 amide bonds. The molecule has 0 fully saturated rings. The highest BCUT2D eigenvalue weighted by Crippen LogP contribution is 2.43. The van der Waals surface area contributed by atoms with E-state index in [9.17, 15) is 0 Å². The van der Waals surface area contributed by atoms with E-state index in [0.29, 0.717) is 34.6 Å². The molecule has 0 saturated carbocycles. The molecule has 7 nitrogen and oxygen atoms in total. The molecule has 0 aliphatic rings. The largest absolute Gasteiger partial charge is 0.493 e. The molecule has 1 heterocycles. The van der Waals surface area contributed by atoms with Gasteiger partial charge in [0.2, 0.25) is 11.6 Å². The SMILES string of the molecule is COc1ccc(-c2nnc(C(C)N)o2)c(OC)c1OC. The van der Waals surface area contributed by atoms with E-state index in [-0.39, 0.29) is 6.04 Å². The quantitative estimate of drug-likeness (QED) is 0.891. The molecule has 2 N–H and O–H groups in total. The molecule has 0 bridgehead atoms. The van der Waals surface area contributed by atoms with E-state index in [1.807, 2.05) is 0 Å². The van der Waals surface area contributed by atoms with Crippen molar-refractivity contribution < 1.29 is 18.6 Å². The van der Waals surface area contributed by atoms with Crippen molar-refractivity contribution in [2.45, 2.75) is 13.0 Å². The third kappa shape index (κ3) is 2.39. The van der Waals surface area contributed by atoms with E-state index in [4.69, 9.17) is 24.4 Å². The molecule has 2 rings (SSSR count). The Morgan fingerprint density at radius 2 is 1.75 bits per heavy atom. The maximum absolute atomic E-state index is 5.71. The molecule has 0 saturated heterocycles. The summed E-state index contributed by atoms with van der Waals surface area (Å²) in [5.74, 6) is 2.16. The molecule has 1 unspecified atom stereocenters. The first-order valence-corrected chi connectivity index (χ1v) is 6.00. The summed E-state index contributed by atoms with van der Waals surface area (Å²) in [5, 5.41) is 7.87. The lowest BCUT2D eigenvalue weighted by Gasteiger charge is -2.13. The lowest BCUT2D eigenvalue weighted by Crippen LogP contribution is -2.04. The van der Waals surface area contributed by atoms with Gasteiger partial charge in [-0.05, 0) is 19.1 Å². The van der Waals surface area contributed by atoms with Gasteiger partial charge in [0, 0.05) is 0 Å². The summed E-state index contributed by atoms with van der Waals surface area (Å²) in [6.45, 7) is 1.77. The van der Waals surface area contributed by atoms with Gasteiger partial charge in [-0.25, -0.2) is 0 Å². The first kappa shape index (κ1) is 14.1. The second kappa shape index (κ2) is 5.79. The summed E-state index contributed by atoms with van der Waals surface area (Å²) in [6.07, 6.45) is 0. The van der Waals surface area contributed by atoms with Crippen LogP contribution in [0.25, 0.3) is 11.5 Å². The zero-order valence-corrected chi connectivity index (χ0v) is 11.8. The van der Waals surface area contributed by atoms with Crippen molar-refractivity contribution in [3.8, 4) is 28.7 Å². The highest BCUT2D eigenvalue weighted by Gasteiger charge is 2.21. The van der Waals surface area contributed by atoms with Crippen LogP contribution in [-0.4, -0.2) is 31.5 Å². The van der Waals surface area contributed by atoms with Crippen LogP contribution in [0.5, 0.6) is 17.2 Å². The first-order chi connectivity index (χ1) is 9.62. The maximum Gasteiger partial charge on any atom is 0.251 e. The number of aromatic nitrogens is 2. The lowest BCUT2D eigenvalue weighted by atomic mass is 10.1. The topological polar surface area (TPSA) is 92.6 Å². The summed E-state index contributed by atoms with van der Waals surface area (Å²) >= 11 is 0. The second-order valence-corrected chi connectivity index (χ2v) is 4.12. The molecule has 0 aliphatic carbocycles. The molecule has 7 heteroatoms. The van der Waals surface area contributed by atoms with Crippen molar-refractivity contribution in [3.63, 3.8) is 0 Å². The number of nitrogens with two attached hydrogens (primary N) is 1. The molecule has 1 atom stereocenters. The Bertz CT molecular complexity index is 595. The van der Waals surface area contributed by atoms with Crippen LogP contribution in [0.4, 0.5) is 0 Å². The zero-order chi connectivity index (χ0) is 14.7. The minimum absolute atomic E-state index is 0.315. The zero-order valence-electron chi connectivity index (χ0n) is 11.8. The molecule has 108 valence electrons. The van der Waals surface area contributed by atoms with Gasteiger partial charge in [0.1, 0.15) is 0 Å². The van der Waals surface area contributed by atoms with E-state index in [1.54, 1.807) is 26.2 Å². The Labute approximate surface area is 116 Å². The van der Waals surface area contributed by atoms with Crippen molar-refractivity contribution in [3.05, 3.63) is 18.0 Å². The molecule has 20 heavy (non-hydrogen) atoms. The minimum atomic E-state index is -0.331. The standard InChI is InChI=1S/C13H17N3O4/c1-7(14)12-15-16-13(20-12)8-5-6-9(17-2)11(19-4)10(8)18-3/h5-7H,14H2,1-4H3. The summed E-state index contributed by atoms with van der Waals surface area (Å²) in [7, 11) is 4.62. The highest BCUT2D eigenvalue weighted by molar-refractivity contribution is 5.71. The predicted molar refractivity (Wildman–Crippen MR) is 72.0 cm³/mol. The van der Waals surface area contributed by atoms with Crippen LogP contribution in [0.2, 0.25) is 0 Å². The fraction of sp³-hybridized carbons (Fsp3) is 0.385. The van der Waals surface area contributed by atoms with Gasteiger partial charge in [0.25, 0.3) is 5.89 Å². The van der Waals surface area contributed by atoms with Crippen molar-refractivity contribution in [2.75, 3.05) is 21.3 Å². The number of methoxy groups -OCH3 is 3. The van der Waals surface area contributed by atoms with Gasteiger partial charge in [0.05, 0.1) is 32.9 Å². The van der Waals surface area contributed by atoms with Crippen molar-refractivity contribution in [1.82, 2.24) is 10.2 Å². The smallest absolute Gasteiger partial charge is 0.251 e. The molecule has 0 radical (unpaired) electrons. The normalized spacial score (nSPS) is 12.1. The van der Waals surface area contributed by atoms with Crippen LogP contribution in [0.3, 0.4) is 0 Å².